The zero-order valence-electron chi connectivity index (χ0n) is 17.9. The molecule has 30 heavy (non-hydrogen) atoms. The summed E-state index contributed by atoms with van der Waals surface area (Å²) in [7, 11) is 2.82. The first-order chi connectivity index (χ1) is 14.3. The van der Waals surface area contributed by atoms with Crippen molar-refractivity contribution in [3.05, 3.63) is 29.8 Å². The highest BCUT2D eigenvalue weighted by atomic mass is 16.5. The third-order valence-corrected chi connectivity index (χ3v) is 4.19. The van der Waals surface area contributed by atoms with Crippen molar-refractivity contribution in [1.82, 2.24) is 16.0 Å². The number of carbonyl (C=O) groups excluding carboxylic acids is 4. The van der Waals surface area contributed by atoms with Crippen LogP contribution < -0.4 is 20.7 Å². The second kappa shape index (κ2) is 13.2. The maximum atomic E-state index is 12.0. The Balaban J connectivity index is 2.27. The molecule has 0 aliphatic heterocycles. The van der Waals surface area contributed by atoms with Crippen molar-refractivity contribution < 1.29 is 28.7 Å². The maximum absolute atomic E-state index is 12.0. The highest BCUT2D eigenvalue weighted by Crippen LogP contribution is 2.11. The SMILES string of the molecule is COC(=O)[C@H](CC(C)C)NC(=O)CCNC(=O)CCNC(=O)c1ccc(OC)cc1. The fourth-order valence-corrected chi connectivity index (χ4v) is 2.63. The van der Waals surface area contributed by atoms with Crippen LogP contribution in [0.3, 0.4) is 0 Å². The van der Waals surface area contributed by atoms with Gasteiger partial charge >= 0.3 is 5.97 Å². The van der Waals surface area contributed by atoms with Gasteiger partial charge in [-0.15, -0.1) is 0 Å². The first kappa shape index (κ1) is 24.9. The largest absolute Gasteiger partial charge is 0.497 e. The van der Waals surface area contributed by atoms with E-state index in [1.54, 1.807) is 31.4 Å². The second-order valence-electron chi connectivity index (χ2n) is 7.11. The van der Waals surface area contributed by atoms with Crippen LogP contribution >= 0.6 is 0 Å². The molecule has 0 radical (unpaired) electrons. The molecule has 0 heterocycles. The Bertz CT molecular complexity index is 718. The average molecular weight is 421 g/mol. The van der Waals surface area contributed by atoms with E-state index in [-0.39, 0.29) is 49.6 Å². The molecule has 0 bridgehead atoms. The van der Waals surface area contributed by atoms with Crippen LogP contribution in [0, 0.1) is 5.92 Å². The van der Waals surface area contributed by atoms with Crippen LogP contribution in [0.15, 0.2) is 24.3 Å². The molecule has 0 unspecified atom stereocenters. The lowest BCUT2D eigenvalue weighted by molar-refractivity contribution is -0.145. The summed E-state index contributed by atoms with van der Waals surface area (Å²) >= 11 is 0. The van der Waals surface area contributed by atoms with Gasteiger partial charge in [0.2, 0.25) is 11.8 Å². The number of nitrogens with one attached hydrogen (secondary N) is 3. The van der Waals surface area contributed by atoms with Gasteiger partial charge < -0.3 is 25.4 Å². The van der Waals surface area contributed by atoms with Crippen LogP contribution in [-0.4, -0.2) is 57.0 Å². The molecule has 3 N–H and O–H groups in total. The Morgan fingerprint density at radius 3 is 2.07 bits per heavy atom. The van der Waals surface area contributed by atoms with Gasteiger partial charge in [-0.1, -0.05) is 13.8 Å². The topological polar surface area (TPSA) is 123 Å². The Labute approximate surface area is 176 Å². The average Bonchev–Trinajstić information content (AvgIpc) is 2.72. The van der Waals surface area contributed by atoms with Crippen molar-refractivity contribution in [2.24, 2.45) is 5.92 Å². The van der Waals surface area contributed by atoms with Crippen molar-refractivity contribution in [2.45, 2.75) is 39.2 Å². The molecule has 0 aliphatic rings. The zero-order valence-corrected chi connectivity index (χ0v) is 17.9. The normalized spacial score (nSPS) is 11.4. The Hall–Kier alpha value is -3.10. The van der Waals surface area contributed by atoms with E-state index in [0.29, 0.717) is 17.7 Å². The molecule has 166 valence electrons. The summed E-state index contributed by atoms with van der Waals surface area (Å²) in [5.74, 6) is -0.555. The minimum atomic E-state index is -0.702. The van der Waals surface area contributed by atoms with Crippen LogP contribution in [0.2, 0.25) is 0 Å². The van der Waals surface area contributed by atoms with Crippen LogP contribution in [0.25, 0.3) is 0 Å². The molecule has 0 fully saturated rings. The molecule has 0 aromatic heterocycles. The number of ether oxygens (including phenoxy) is 2. The standard InChI is InChI=1S/C21H31N3O6/c1-14(2)13-17(21(28)30-4)24-19(26)10-11-22-18(25)9-12-23-20(27)15-5-7-16(29-3)8-6-15/h5-8,14,17H,9-13H2,1-4H3,(H,22,25)(H,23,27)(H,24,26)/t17-/m0/s1. The van der Waals surface area contributed by atoms with E-state index < -0.39 is 12.0 Å². The van der Waals surface area contributed by atoms with Crippen molar-refractivity contribution in [1.29, 1.82) is 0 Å². The molecule has 1 rings (SSSR count). The highest BCUT2D eigenvalue weighted by Gasteiger charge is 2.22. The lowest BCUT2D eigenvalue weighted by Crippen LogP contribution is -2.43. The molecular formula is C21H31N3O6. The predicted molar refractivity (Wildman–Crippen MR) is 111 cm³/mol. The van der Waals surface area contributed by atoms with Gasteiger partial charge in [-0.2, -0.15) is 0 Å². The van der Waals surface area contributed by atoms with Gasteiger partial charge in [0.15, 0.2) is 0 Å². The third kappa shape index (κ3) is 9.40. The molecular weight excluding hydrogens is 390 g/mol. The van der Waals surface area contributed by atoms with E-state index >= 15 is 0 Å². The summed E-state index contributed by atoms with van der Waals surface area (Å²) in [5.41, 5.74) is 0.467. The number of methoxy groups -OCH3 is 2. The van der Waals surface area contributed by atoms with Gasteiger partial charge in [-0.25, -0.2) is 4.79 Å². The maximum Gasteiger partial charge on any atom is 0.328 e. The van der Waals surface area contributed by atoms with Gasteiger partial charge in [0, 0.05) is 31.5 Å². The number of carbonyl (C=O) groups is 4. The first-order valence-electron chi connectivity index (χ1n) is 9.83. The summed E-state index contributed by atoms with van der Waals surface area (Å²) in [6.45, 7) is 4.18. The van der Waals surface area contributed by atoms with Gasteiger partial charge in [0.05, 0.1) is 14.2 Å². The number of amides is 3. The predicted octanol–water partition coefficient (Wildman–Crippen LogP) is 1.03. The monoisotopic (exact) mass is 421 g/mol. The number of esters is 1. The molecule has 1 aromatic rings. The summed E-state index contributed by atoms with van der Waals surface area (Å²) in [6.07, 6.45) is 0.593. The molecule has 0 saturated carbocycles. The molecule has 9 heteroatoms. The zero-order chi connectivity index (χ0) is 22.5. The summed E-state index contributed by atoms with van der Waals surface area (Å²) in [4.78, 5) is 47.6. The summed E-state index contributed by atoms with van der Waals surface area (Å²) < 4.78 is 9.73. The first-order valence-corrected chi connectivity index (χ1v) is 9.83. The summed E-state index contributed by atoms with van der Waals surface area (Å²) in [6, 6.07) is 5.92. The van der Waals surface area contributed by atoms with E-state index in [0.717, 1.165) is 0 Å². The van der Waals surface area contributed by atoms with Gasteiger partial charge in [-0.05, 0) is 36.6 Å². The van der Waals surface area contributed by atoms with Crippen molar-refractivity contribution in [3.63, 3.8) is 0 Å². The van der Waals surface area contributed by atoms with E-state index in [9.17, 15) is 19.2 Å². The van der Waals surface area contributed by atoms with Gasteiger partial charge in [0.25, 0.3) is 5.91 Å². The smallest absolute Gasteiger partial charge is 0.328 e. The number of rotatable bonds is 12. The minimum Gasteiger partial charge on any atom is -0.497 e. The second-order valence-corrected chi connectivity index (χ2v) is 7.11. The molecule has 1 aromatic carbocycles. The number of benzene rings is 1. The van der Waals surface area contributed by atoms with E-state index in [2.05, 4.69) is 16.0 Å². The van der Waals surface area contributed by atoms with Crippen LogP contribution in [0.5, 0.6) is 5.75 Å². The highest BCUT2D eigenvalue weighted by molar-refractivity contribution is 5.94. The minimum absolute atomic E-state index is 0.0372. The van der Waals surface area contributed by atoms with Gasteiger partial charge in [0.1, 0.15) is 11.8 Å². The van der Waals surface area contributed by atoms with E-state index in [4.69, 9.17) is 9.47 Å². The van der Waals surface area contributed by atoms with Crippen molar-refractivity contribution in [2.75, 3.05) is 27.3 Å². The fraction of sp³-hybridized carbons (Fsp3) is 0.524. The third-order valence-electron chi connectivity index (χ3n) is 4.19. The lowest BCUT2D eigenvalue weighted by Gasteiger charge is -2.18. The fourth-order valence-electron chi connectivity index (χ4n) is 2.63. The quantitative estimate of drug-likeness (QED) is 0.433. The molecule has 3 amide bonds. The molecule has 0 saturated heterocycles. The molecule has 1 atom stereocenters. The van der Waals surface area contributed by atoms with Crippen molar-refractivity contribution >= 4 is 23.7 Å². The van der Waals surface area contributed by atoms with E-state index in [1.807, 2.05) is 13.8 Å². The Morgan fingerprint density at radius 2 is 1.50 bits per heavy atom. The van der Waals surface area contributed by atoms with Crippen LogP contribution in [0.4, 0.5) is 0 Å². The van der Waals surface area contributed by atoms with Crippen molar-refractivity contribution in [3.8, 4) is 5.75 Å². The van der Waals surface area contributed by atoms with Crippen LogP contribution in [-0.2, 0) is 19.1 Å². The molecule has 9 nitrogen and oxygen atoms in total. The summed E-state index contributed by atoms with van der Waals surface area (Å²) in [5, 5.41) is 7.90. The number of hydrogen-bond donors (Lipinski definition) is 3. The molecule has 0 spiro atoms. The Morgan fingerprint density at radius 1 is 0.900 bits per heavy atom. The van der Waals surface area contributed by atoms with E-state index in [1.165, 1.54) is 7.11 Å². The lowest BCUT2D eigenvalue weighted by atomic mass is 10.0. The molecule has 0 aliphatic carbocycles. The van der Waals surface area contributed by atoms with Gasteiger partial charge in [-0.3, -0.25) is 14.4 Å². The Kier molecular flexibility index (Phi) is 11.0. The number of hydrogen-bond acceptors (Lipinski definition) is 6. The van der Waals surface area contributed by atoms with Crippen LogP contribution in [0.1, 0.15) is 43.5 Å².